The van der Waals surface area contributed by atoms with Crippen LogP contribution in [0.2, 0.25) is 4.34 Å². The number of rotatable bonds is 4. The molecule has 24 heavy (non-hydrogen) atoms. The van der Waals surface area contributed by atoms with Gasteiger partial charge >= 0.3 is 5.69 Å². The molecule has 0 spiro atoms. The van der Waals surface area contributed by atoms with Gasteiger partial charge in [0, 0.05) is 17.0 Å². The topological polar surface area (TPSA) is 84.0 Å². The molecule has 1 amide bonds. The van der Waals surface area contributed by atoms with Gasteiger partial charge in [0.25, 0.3) is 11.5 Å². The number of fused-ring (bicyclic) bond motifs is 1. The molecule has 1 aromatic carbocycles. The molecule has 3 aromatic rings. The smallest absolute Gasteiger partial charge is 0.328 e. The fraction of sp³-hybridized carbons (Fsp3) is 0.188. The molecule has 2 heterocycles. The van der Waals surface area contributed by atoms with Gasteiger partial charge in [-0.25, -0.2) is 4.79 Å². The van der Waals surface area contributed by atoms with E-state index in [2.05, 4.69) is 10.3 Å². The predicted molar refractivity (Wildman–Crippen MR) is 95.0 cm³/mol. The van der Waals surface area contributed by atoms with Gasteiger partial charge in [-0.1, -0.05) is 11.6 Å². The van der Waals surface area contributed by atoms with Gasteiger partial charge in [-0.15, -0.1) is 11.3 Å². The quantitative estimate of drug-likeness (QED) is 0.746. The molecule has 2 aromatic heterocycles. The average Bonchev–Trinajstić information content (AvgIpc) is 2.98. The van der Waals surface area contributed by atoms with Crippen LogP contribution >= 0.6 is 22.9 Å². The Kier molecular flexibility index (Phi) is 4.55. The lowest BCUT2D eigenvalue weighted by atomic mass is 10.1. The second-order valence-electron chi connectivity index (χ2n) is 5.13. The van der Waals surface area contributed by atoms with Crippen molar-refractivity contribution in [3.05, 3.63) is 65.9 Å². The highest BCUT2D eigenvalue weighted by Gasteiger charge is 2.11. The lowest BCUT2D eigenvalue weighted by Gasteiger charge is -2.07. The van der Waals surface area contributed by atoms with E-state index in [1.54, 1.807) is 25.1 Å². The minimum absolute atomic E-state index is 0.287. The Bertz CT molecular complexity index is 1030. The largest absolute Gasteiger partial charge is 0.347 e. The van der Waals surface area contributed by atoms with Crippen LogP contribution in [-0.2, 0) is 13.1 Å². The van der Waals surface area contributed by atoms with Crippen molar-refractivity contribution in [2.75, 3.05) is 0 Å². The van der Waals surface area contributed by atoms with Gasteiger partial charge in [0.1, 0.15) is 0 Å². The summed E-state index contributed by atoms with van der Waals surface area (Å²) in [7, 11) is 0. The molecule has 0 aliphatic rings. The highest BCUT2D eigenvalue weighted by atomic mass is 35.5. The first kappa shape index (κ1) is 16.5. The van der Waals surface area contributed by atoms with Crippen LogP contribution in [-0.4, -0.2) is 15.5 Å². The minimum Gasteiger partial charge on any atom is -0.347 e. The average molecular weight is 364 g/mol. The van der Waals surface area contributed by atoms with Crippen molar-refractivity contribution < 1.29 is 4.79 Å². The molecule has 0 atom stereocenters. The van der Waals surface area contributed by atoms with Gasteiger partial charge in [0.15, 0.2) is 0 Å². The Morgan fingerprint density at radius 3 is 2.75 bits per heavy atom. The number of halogens is 1. The predicted octanol–water partition coefficient (Wildman–Crippen LogP) is 2.35. The van der Waals surface area contributed by atoms with Crippen molar-refractivity contribution in [3.63, 3.8) is 0 Å². The summed E-state index contributed by atoms with van der Waals surface area (Å²) >= 11 is 7.25. The van der Waals surface area contributed by atoms with E-state index in [1.165, 1.54) is 17.4 Å². The minimum atomic E-state index is -0.485. The van der Waals surface area contributed by atoms with Crippen LogP contribution in [0.5, 0.6) is 0 Å². The van der Waals surface area contributed by atoms with E-state index in [4.69, 9.17) is 11.6 Å². The fourth-order valence-corrected chi connectivity index (χ4v) is 3.43. The van der Waals surface area contributed by atoms with Gasteiger partial charge in [-0.3, -0.25) is 14.2 Å². The first-order valence-electron chi connectivity index (χ1n) is 7.29. The van der Waals surface area contributed by atoms with Crippen molar-refractivity contribution in [1.29, 1.82) is 0 Å². The van der Waals surface area contributed by atoms with Crippen molar-refractivity contribution in [3.8, 4) is 0 Å². The monoisotopic (exact) mass is 363 g/mol. The summed E-state index contributed by atoms with van der Waals surface area (Å²) in [4.78, 5) is 39.9. The number of benzene rings is 1. The van der Waals surface area contributed by atoms with E-state index in [9.17, 15) is 14.4 Å². The fourth-order valence-electron chi connectivity index (χ4n) is 2.40. The summed E-state index contributed by atoms with van der Waals surface area (Å²) < 4.78 is 1.78. The van der Waals surface area contributed by atoms with Crippen LogP contribution in [0.4, 0.5) is 0 Å². The zero-order chi connectivity index (χ0) is 17.3. The first-order chi connectivity index (χ1) is 11.5. The Labute approximate surface area is 145 Å². The van der Waals surface area contributed by atoms with Crippen molar-refractivity contribution in [2.45, 2.75) is 20.0 Å². The number of nitrogens with one attached hydrogen (secondary N) is 2. The Morgan fingerprint density at radius 1 is 1.29 bits per heavy atom. The van der Waals surface area contributed by atoms with Crippen molar-refractivity contribution >= 4 is 39.7 Å². The maximum Gasteiger partial charge on any atom is 0.328 e. The molecule has 8 heteroatoms. The summed E-state index contributed by atoms with van der Waals surface area (Å²) in [6, 6.07) is 8.25. The maximum atomic E-state index is 12.2. The number of aromatic amines is 1. The van der Waals surface area contributed by atoms with E-state index < -0.39 is 5.69 Å². The van der Waals surface area contributed by atoms with Gasteiger partial charge < -0.3 is 10.3 Å². The molecule has 0 saturated heterocycles. The van der Waals surface area contributed by atoms with Crippen molar-refractivity contribution in [2.24, 2.45) is 0 Å². The summed E-state index contributed by atoms with van der Waals surface area (Å²) in [5.41, 5.74) is -0.131. The maximum absolute atomic E-state index is 12.2. The highest BCUT2D eigenvalue weighted by molar-refractivity contribution is 7.16. The molecule has 0 unspecified atom stereocenters. The molecule has 2 N–H and O–H groups in total. The summed E-state index contributed by atoms with van der Waals surface area (Å²) in [5.74, 6) is -0.290. The van der Waals surface area contributed by atoms with Crippen LogP contribution < -0.4 is 16.6 Å². The van der Waals surface area contributed by atoms with Crippen LogP contribution in [0, 0.1) is 0 Å². The molecule has 6 nitrogen and oxygen atoms in total. The third-order valence-corrected chi connectivity index (χ3v) is 4.84. The second kappa shape index (κ2) is 6.62. The third-order valence-electron chi connectivity index (χ3n) is 3.61. The third kappa shape index (κ3) is 3.13. The van der Waals surface area contributed by atoms with Gasteiger partial charge in [-0.2, -0.15) is 0 Å². The van der Waals surface area contributed by atoms with Gasteiger partial charge in [-0.05, 0) is 37.3 Å². The van der Waals surface area contributed by atoms with Crippen LogP contribution in [0.1, 0.15) is 22.2 Å². The lowest BCUT2D eigenvalue weighted by molar-refractivity contribution is 0.0951. The Balaban J connectivity index is 1.88. The van der Waals surface area contributed by atoms with Crippen LogP contribution in [0.3, 0.4) is 0 Å². The Morgan fingerprint density at radius 2 is 2.08 bits per heavy atom. The lowest BCUT2D eigenvalue weighted by Crippen LogP contribution is -2.34. The number of nitrogens with zero attached hydrogens (tertiary/aromatic N) is 1. The number of carbonyl (C=O) groups excluding carboxylic acids is 1. The number of hydrogen-bond acceptors (Lipinski definition) is 4. The molecule has 0 radical (unpaired) electrons. The standard InChI is InChI=1S/C16H14ClN3O3S/c1-2-20-15(22)11-5-3-9(7-12(11)19-16(20)23)14(21)18-8-10-4-6-13(17)24-10/h3-7H,2,8H2,1H3,(H,18,21)(H,19,23). The highest BCUT2D eigenvalue weighted by Crippen LogP contribution is 2.21. The molecular weight excluding hydrogens is 350 g/mol. The molecule has 124 valence electrons. The summed E-state index contributed by atoms with van der Waals surface area (Å²) in [5, 5.41) is 3.16. The van der Waals surface area contributed by atoms with E-state index in [1.807, 2.05) is 6.07 Å². The molecular formula is C16H14ClN3O3S. The number of thiophene rings is 1. The van der Waals surface area contributed by atoms with Gasteiger partial charge in [0.2, 0.25) is 0 Å². The molecule has 3 rings (SSSR count). The molecule has 0 bridgehead atoms. The Hall–Kier alpha value is -2.38. The summed E-state index contributed by atoms with van der Waals surface area (Å²) in [6.45, 7) is 2.37. The van der Waals surface area contributed by atoms with Crippen LogP contribution in [0.15, 0.2) is 39.9 Å². The number of hydrogen-bond donors (Lipinski definition) is 2. The zero-order valence-corrected chi connectivity index (χ0v) is 14.3. The summed E-state index contributed by atoms with van der Waals surface area (Å²) in [6.07, 6.45) is 0. The van der Waals surface area contributed by atoms with E-state index >= 15 is 0 Å². The number of H-pyrrole nitrogens is 1. The number of aromatic nitrogens is 2. The van der Waals surface area contributed by atoms with E-state index in [0.29, 0.717) is 27.3 Å². The first-order valence-corrected chi connectivity index (χ1v) is 8.48. The van der Waals surface area contributed by atoms with Gasteiger partial charge in [0.05, 0.1) is 21.8 Å². The second-order valence-corrected chi connectivity index (χ2v) is 6.93. The molecule has 0 aliphatic carbocycles. The molecule has 0 saturated carbocycles. The number of carbonyl (C=O) groups is 1. The SMILES string of the molecule is CCn1c(=O)[nH]c2cc(C(=O)NCc3ccc(Cl)s3)ccc2c1=O. The van der Waals surface area contributed by atoms with E-state index in [0.717, 1.165) is 9.44 Å². The van der Waals surface area contributed by atoms with E-state index in [-0.39, 0.29) is 18.0 Å². The molecule has 0 aliphatic heterocycles. The number of amides is 1. The van der Waals surface area contributed by atoms with Crippen LogP contribution in [0.25, 0.3) is 10.9 Å². The zero-order valence-electron chi connectivity index (χ0n) is 12.8. The van der Waals surface area contributed by atoms with Crippen molar-refractivity contribution in [1.82, 2.24) is 14.9 Å². The normalized spacial score (nSPS) is 10.9. The molecule has 0 fully saturated rings.